The van der Waals surface area contributed by atoms with Crippen LogP contribution >= 0.6 is 0 Å². The summed E-state index contributed by atoms with van der Waals surface area (Å²) in [4.78, 5) is 78.6. The van der Waals surface area contributed by atoms with E-state index in [-0.39, 0.29) is 81.3 Å². The van der Waals surface area contributed by atoms with Gasteiger partial charge in [-0.25, -0.2) is 9.59 Å². The Kier molecular flexibility index (Phi) is 30.3. The molecule has 4 fully saturated rings. The van der Waals surface area contributed by atoms with Gasteiger partial charge in [0.05, 0.1) is 25.3 Å². The fourth-order valence-electron chi connectivity index (χ4n) is 7.86. The molecule has 2 saturated carbocycles. The highest BCUT2D eigenvalue weighted by molar-refractivity contribution is 5.75. The third kappa shape index (κ3) is 29.6. The monoisotopic (exact) mass is 1050 g/mol. The van der Waals surface area contributed by atoms with Crippen molar-refractivity contribution in [2.45, 2.75) is 289 Å². The molecule has 436 valence electrons. The molecule has 2 aliphatic carbocycles. The molecule has 4 atom stereocenters. The molecule has 16 nitrogen and oxygen atoms in total. The van der Waals surface area contributed by atoms with Crippen LogP contribution in [-0.2, 0) is 28.7 Å². The maximum absolute atomic E-state index is 11.3. The Morgan fingerprint density at radius 3 is 0.824 bits per heavy atom. The van der Waals surface area contributed by atoms with E-state index in [1.165, 1.54) is 39.5 Å². The highest BCUT2D eigenvalue weighted by Crippen LogP contribution is 2.33. The molecule has 0 radical (unpaired) electrons. The Morgan fingerprint density at radius 1 is 0.473 bits per heavy atom. The molecular weight excluding hydrogens is 941 g/mol. The van der Waals surface area contributed by atoms with Crippen LogP contribution in [0.5, 0.6) is 0 Å². The van der Waals surface area contributed by atoms with Crippen LogP contribution in [0.4, 0.5) is 9.59 Å². The number of ether oxygens (including phenoxy) is 2. The van der Waals surface area contributed by atoms with E-state index in [0.29, 0.717) is 25.9 Å². The van der Waals surface area contributed by atoms with Gasteiger partial charge in [0.2, 0.25) is 23.6 Å². The van der Waals surface area contributed by atoms with Crippen LogP contribution in [0.1, 0.15) is 231 Å². The summed E-state index contributed by atoms with van der Waals surface area (Å²) in [5, 5.41) is 18.9. The maximum Gasteiger partial charge on any atom is 0.410 e. The molecule has 2 saturated heterocycles. The number of β-amino-alcohol motifs (C(OH)–C–C–N with tert-alkyl or cyclic N) is 2. The molecule has 2 aliphatic heterocycles. The number of aliphatic hydroxyl groups excluding tert-OH is 2. The van der Waals surface area contributed by atoms with E-state index in [1.807, 2.05) is 121 Å². The summed E-state index contributed by atoms with van der Waals surface area (Å²) < 4.78 is 10.3. The molecule has 74 heavy (non-hydrogen) atoms. The van der Waals surface area contributed by atoms with E-state index in [9.17, 15) is 39.0 Å². The summed E-state index contributed by atoms with van der Waals surface area (Å²) >= 11 is 0. The number of aliphatic hydroxyl groups is 2. The first kappa shape index (κ1) is 72.4. The average Bonchev–Trinajstić information content (AvgIpc) is 4.16. The predicted molar refractivity (Wildman–Crippen MR) is 301 cm³/mol. The van der Waals surface area contributed by atoms with Crippen molar-refractivity contribution in [1.82, 2.24) is 29.4 Å². The predicted octanol–water partition coefficient (Wildman–Crippen LogP) is 10.9. The van der Waals surface area contributed by atoms with Gasteiger partial charge in [0.15, 0.2) is 0 Å². The van der Waals surface area contributed by atoms with Gasteiger partial charge in [0.1, 0.15) is 12.2 Å². The molecule has 4 aliphatic rings. The van der Waals surface area contributed by atoms with Crippen molar-refractivity contribution in [1.29, 1.82) is 0 Å². The fourth-order valence-corrected chi connectivity index (χ4v) is 7.86. The van der Waals surface area contributed by atoms with Crippen LogP contribution in [0.2, 0.25) is 0 Å². The molecule has 0 aromatic heterocycles. The van der Waals surface area contributed by atoms with Gasteiger partial charge < -0.3 is 39.3 Å². The van der Waals surface area contributed by atoms with E-state index in [0.717, 1.165) is 50.9 Å². The lowest BCUT2D eigenvalue weighted by atomic mass is 10.0. The number of rotatable bonds is 12. The van der Waals surface area contributed by atoms with Gasteiger partial charge in [-0.1, -0.05) is 27.7 Å². The molecular formula is C58H114N6O10. The van der Waals surface area contributed by atoms with Crippen LogP contribution in [0.25, 0.3) is 0 Å². The number of carbonyl (C=O) groups is 6. The molecule has 0 unspecified atom stereocenters. The topological polar surface area (TPSA) is 181 Å². The van der Waals surface area contributed by atoms with E-state index in [2.05, 4.69) is 41.5 Å². The smallest absolute Gasteiger partial charge is 0.410 e. The molecule has 2 N–H and O–H groups in total. The number of amides is 6. The minimum atomic E-state index is -0.414. The summed E-state index contributed by atoms with van der Waals surface area (Å²) in [6, 6.07) is 0. The third-order valence-electron chi connectivity index (χ3n) is 13.0. The van der Waals surface area contributed by atoms with Crippen molar-refractivity contribution in [2.75, 3.05) is 39.3 Å². The third-order valence-corrected chi connectivity index (χ3v) is 13.0. The Hall–Kier alpha value is -3.66. The zero-order chi connectivity index (χ0) is 58.7. The van der Waals surface area contributed by atoms with E-state index < -0.39 is 12.2 Å². The second-order valence-electron chi connectivity index (χ2n) is 26.6. The quantitative estimate of drug-likeness (QED) is 0.191. The molecule has 0 spiro atoms. The lowest BCUT2D eigenvalue weighted by Gasteiger charge is -2.36. The minimum absolute atomic E-state index is 0.00553. The Labute approximate surface area is 452 Å². The SMILES string of the molecule is CC(=O)N(CC1CC1)C(C)(C)C.CC(=O)N(CC1CC1)C(C)(C)C.CC[C@@H](O)CN(C(C)=O)C(C)(C)C.CC[C@@H]1CN(C(C)(C)C)C(=O)O1.CC[C@H](O)CN(C(C)=O)C(C)(C)C.CC[C@H]1CN(C(C)(C)C)C(=O)O1. The van der Waals surface area contributed by atoms with Crippen LogP contribution in [0.15, 0.2) is 0 Å². The van der Waals surface area contributed by atoms with Crippen LogP contribution in [0, 0.1) is 11.8 Å². The van der Waals surface area contributed by atoms with Gasteiger partial charge >= 0.3 is 12.2 Å². The number of hydrogen-bond donors (Lipinski definition) is 2. The lowest BCUT2D eigenvalue weighted by molar-refractivity contribution is -0.136. The van der Waals surface area contributed by atoms with Crippen molar-refractivity contribution in [3.63, 3.8) is 0 Å². The fraction of sp³-hybridized carbons (Fsp3) is 0.897. The second-order valence-corrected chi connectivity index (χ2v) is 26.6. The number of hydrogen-bond acceptors (Lipinski definition) is 10. The first-order valence-electron chi connectivity index (χ1n) is 27.7. The average molecular weight is 1060 g/mol. The van der Waals surface area contributed by atoms with Gasteiger partial charge in [-0.3, -0.25) is 29.0 Å². The van der Waals surface area contributed by atoms with Gasteiger partial charge in [-0.05, 0) is 188 Å². The summed E-state index contributed by atoms with van der Waals surface area (Å²) in [5.41, 5.74) is -0.644. The van der Waals surface area contributed by atoms with Crippen LogP contribution in [0.3, 0.4) is 0 Å². The molecule has 2 heterocycles. The van der Waals surface area contributed by atoms with Crippen LogP contribution < -0.4 is 0 Å². The Bertz CT molecular complexity index is 1580. The van der Waals surface area contributed by atoms with Crippen molar-refractivity contribution in [3.05, 3.63) is 0 Å². The highest BCUT2D eigenvalue weighted by atomic mass is 16.6. The maximum atomic E-state index is 11.3. The van der Waals surface area contributed by atoms with E-state index >= 15 is 0 Å². The molecule has 0 bridgehead atoms. The van der Waals surface area contributed by atoms with Crippen molar-refractivity contribution in [2.24, 2.45) is 11.8 Å². The van der Waals surface area contributed by atoms with Crippen LogP contribution in [-0.4, -0.2) is 172 Å². The number of nitrogens with zero attached hydrogens (tertiary/aromatic N) is 6. The minimum Gasteiger partial charge on any atom is -0.444 e. The normalized spacial score (nSPS) is 18.6. The second kappa shape index (κ2) is 30.9. The van der Waals surface area contributed by atoms with E-state index in [4.69, 9.17) is 9.47 Å². The number of cyclic esters (lactones) is 2. The first-order chi connectivity index (χ1) is 33.3. The standard InChI is InChI=1S/2C10H21NO2.2C10H19NO.2C9H17NO2/c2*1-6-9(13)7-11(8(2)12)10(3,4)5;2*1-8(12)11(10(2,3)4)7-9-5-6-9;2*1-5-7-6-10(8(11)12-7)9(2,3)4/h2*9,13H,6-7H2,1-5H3;2*9H,5-7H2,1-4H3;2*7H,5-6H2,1-4H3/t2*9-;;;2*7-/m10..10/s1. The van der Waals surface area contributed by atoms with E-state index in [1.54, 1.807) is 33.4 Å². The lowest BCUT2D eigenvalue weighted by Crippen LogP contribution is -2.48. The molecule has 6 amide bonds. The Balaban J connectivity index is 0. The summed E-state index contributed by atoms with van der Waals surface area (Å²) in [5.74, 6) is 2.00. The number of carbonyl (C=O) groups excluding carboxylic acids is 6. The van der Waals surface area contributed by atoms with Crippen molar-refractivity contribution >= 4 is 35.8 Å². The Morgan fingerprint density at radius 2 is 0.703 bits per heavy atom. The largest absolute Gasteiger partial charge is 0.444 e. The van der Waals surface area contributed by atoms with Crippen molar-refractivity contribution < 1.29 is 48.5 Å². The van der Waals surface area contributed by atoms with Gasteiger partial charge in [-0.15, -0.1) is 0 Å². The summed E-state index contributed by atoms with van der Waals surface area (Å²) in [6.45, 7) is 55.0. The molecule has 0 aromatic carbocycles. The zero-order valence-corrected chi connectivity index (χ0v) is 52.2. The van der Waals surface area contributed by atoms with Gasteiger partial charge in [0, 0.05) is 87.1 Å². The summed E-state index contributed by atoms with van der Waals surface area (Å²) in [7, 11) is 0. The first-order valence-corrected chi connectivity index (χ1v) is 27.7. The highest BCUT2D eigenvalue weighted by Gasteiger charge is 2.38. The molecule has 16 heteroatoms. The van der Waals surface area contributed by atoms with Gasteiger partial charge in [-0.2, -0.15) is 0 Å². The summed E-state index contributed by atoms with van der Waals surface area (Å²) in [6.07, 6.45) is 7.40. The van der Waals surface area contributed by atoms with Crippen molar-refractivity contribution in [3.8, 4) is 0 Å². The zero-order valence-electron chi connectivity index (χ0n) is 52.2. The van der Waals surface area contributed by atoms with Gasteiger partial charge in [0.25, 0.3) is 0 Å². The molecule has 0 aromatic rings. The molecule has 4 rings (SSSR count).